The van der Waals surface area contributed by atoms with Gasteiger partial charge < -0.3 is 20.1 Å². The molecular formula is C26H33ClFN7O4. The molecule has 0 aliphatic heterocycles. The zero-order valence-electron chi connectivity index (χ0n) is 22.9. The van der Waals surface area contributed by atoms with E-state index in [4.69, 9.17) is 16.3 Å². The Balaban J connectivity index is 1.99. The van der Waals surface area contributed by atoms with Crippen molar-refractivity contribution in [1.29, 1.82) is 0 Å². The Hall–Kier alpha value is -3.93. The molecule has 3 aromatic rings. The maximum Gasteiger partial charge on any atom is 0.412 e. The van der Waals surface area contributed by atoms with Crippen LogP contribution in [0.4, 0.5) is 25.6 Å². The number of ether oxygens (including phenoxy) is 2. The highest BCUT2D eigenvalue weighted by atomic mass is 35.5. The van der Waals surface area contributed by atoms with E-state index < -0.39 is 23.6 Å². The molecule has 210 valence electrons. The van der Waals surface area contributed by atoms with Crippen LogP contribution < -0.4 is 16.0 Å². The number of aromatic nitrogens is 4. The van der Waals surface area contributed by atoms with Gasteiger partial charge in [-0.15, -0.1) is 0 Å². The van der Waals surface area contributed by atoms with Crippen molar-refractivity contribution in [2.75, 3.05) is 24.3 Å². The summed E-state index contributed by atoms with van der Waals surface area (Å²) in [5.41, 5.74) is 0.447. The second-order valence-electron chi connectivity index (χ2n) is 10.1. The summed E-state index contributed by atoms with van der Waals surface area (Å²) < 4.78 is 27.3. The number of nitrogens with one attached hydrogen (secondary N) is 3. The Morgan fingerprint density at radius 1 is 1.15 bits per heavy atom. The summed E-state index contributed by atoms with van der Waals surface area (Å²) in [5.74, 6) is -0.427. The normalized spacial score (nSPS) is 12.2. The van der Waals surface area contributed by atoms with Gasteiger partial charge >= 0.3 is 12.2 Å². The summed E-state index contributed by atoms with van der Waals surface area (Å²) in [6.45, 7) is 11.1. The van der Waals surface area contributed by atoms with Crippen molar-refractivity contribution in [2.24, 2.45) is 0 Å². The van der Waals surface area contributed by atoms with Crippen molar-refractivity contribution < 1.29 is 23.5 Å². The van der Waals surface area contributed by atoms with Crippen LogP contribution in [0.2, 0.25) is 5.02 Å². The predicted octanol–water partition coefficient (Wildman–Crippen LogP) is 5.88. The van der Waals surface area contributed by atoms with Gasteiger partial charge in [-0.05, 0) is 59.7 Å². The van der Waals surface area contributed by atoms with Gasteiger partial charge in [0.25, 0.3) is 0 Å². The fraction of sp³-hybridized carbons (Fsp3) is 0.423. The number of rotatable bonds is 8. The second-order valence-corrected chi connectivity index (χ2v) is 10.5. The first kappa shape index (κ1) is 29.6. The molecule has 2 heterocycles. The molecule has 3 N–H and O–H groups in total. The summed E-state index contributed by atoms with van der Waals surface area (Å²) >= 11 is 6.33. The first-order valence-corrected chi connectivity index (χ1v) is 12.7. The van der Waals surface area contributed by atoms with E-state index in [2.05, 4.69) is 35.8 Å². The topological polar surface area (TPSA) is 132 Å². The van der Waals surface area contributed by atoms with Crippen LogP contribution in [0.5, 0.6) is 0 Å². The Kier molecular flexibility index (Phi) is 9.33. The second kappa shape index (κ2) is 12.3. The molecular weight excluding hydrogens is 529 g/mol. The van der Waals surface area contributed by atoms with Crippen LogP contribution in [0, 0.1) is 5.82 Å². The van der Waals surface area contributed by atoms with Crippen molar-refractivity contribution in [3.05, 3.63) is 41.4 Å². The van der Waals surface area contributed by atoms with Crippen LogP contribution in [0.15, 0.2) is 30.6 Å². The number of benzene rings is 1. The van der Waals surface area contributed by atoms with Gasteiger partial charge in [0.15, 0.2) is 5.82 Å². The minimum Gasteiger partial charge on any atom is -0.453 e. The third-order valence-corrected chi connectivity index (χ3v) is 5.45. The minimum atomic E-state index is -0.815. The van der Waals surface area contributed by atoms with Gasteiger partial charge in [-0.1, -0.05) is 11.6 Å². The lowest BCUT2D eigenvalue weighted by atomic mass is 10.0. The van der Waals surface area contributed by atoms with E-state index in [9.17, 15) is 9.59 Å². The Labute approximate surface area is 231 Å². The van der Waals surface area contributed by atoms with E-state index in [-0.39, 0.29) is 34.1 Å². The molecule has 11 nitrogen and oxygen atoms in total. The number of carbonyl (C=O) groups is 2. The Bertz CT molecular complexity index is 1340. The van der Waals surface area contributed by atoms with Gasteiger partial charge in [-0.2, -0.15) is 5.10 Å². The molecule has 0 fully saturated rings. The highest BCUT2D eigenvalue weighted by molar-refractivity contribution is 6.31. The van der Waals surface area contributed by atoms with E-state index >= 15 is 4.39 Å². The first-order chi connectivity index (χ1) is 18.3. The maximum absolute atomic E-state index is 15.8. The summed E-state index contributed by atoms with van der Waals surface area (Å²) in [7, 11) is 1.29. The molecule has 1 unspecified atom stereocenters. The number of hydrogen-bond acceptors (Lipinski definition) is 8. The third kappa shape index (κ3) is 8.03. The fourth-order valence-corrected chi connectivity index (χ4v) is 3.68. The summed E-state index contributed by atoms with van der Waals surface area (Å²) in [6.07, 6.45) is 1.96. The quantitative estimate of drug-likeness (QED) is 0.310. The molecule has 3 rings (SSSR count). The van der Waals surface area contributed by atoms with E-state index in [0.29, 0.717) is 23.8 Å². The zero-order chi connectivity index (χ0) is 28.9. The van der Waals surface area contributed by atoms with Gasteiger partial charge in [0.2, 0.25) is 5.95 Å². The smallest absolute Gasteiger partial charge is 0.412 e. The Morgan fingerprint density at radius 3 is 2.51 bits per heavy atom. The molecule has 1 aromatic carbocycles. The number of anilines is 2. The summed E-state index contributed by atoms with van der Waals surface area (Å²) in [4.78, 5) is 32.6. The molecule has 1 atom stereocenters. The number of hydrogen-bond donors (Lipinski definition) is 3. The van der Waals surface area contributed by atoms with Gasteiger partial charge in [0.1, 0.15) is 11.3 Å². The molecule has 0 bridgehead atoms. The van der Waals surface area contributed by atoms with Crippen molar-refractivity contribution >= 4 is 35.4 Å². The lowest BCUT2D eigenvalue weighted by Gasteiger charge is -2.20. The van der Waals surface area contributed by atoms with Gasteiger partial charge in [-0.25, -0.2) is 23.9 Å². The van der Waals surface area contributed by atoms with Crippen LogP contribution in [0.25, 0.3) is 22.5 Å². The first-order valence-electron chi connectivity index (χ1n) is 12.3. The Morgan fingerprint density at radius 2 is 1.87 bits per heavy atom. The maximum atomic E-state index is 15.8. The van der Waals surface area contributed by atoms with Crippen molar-refractivity contribution in [3.8, 4) is 22.5 Å². The zero-order valence-corrected chi connectivity index (χ0v) is 23.7. The highest BCUT2D eigenvalue weighted by Crippen LogP contribution is 2.37. The van der Waals surface area contributed by atoms with Crippen LogP contribution in [-0.2, 0) is 9.47 Å². The third-order valence-electron chi connectivity index (χ3n) is 5.24. The van der Waals surface area contributed by atoms with Crippen molar-refractivity contribution in [2.45, 2.75) is 59.2 Å². The number of methoxy groups -OCH3 is 1. The molecule has 0 saturated carbocycles. The van der Waals surface area contributed by atoms with E-state index in [0.717, 1.165) is 0 Å². The van der Waals surface area contributed by atoms with Crippen LogP contribution in [0.3, 0.4) is 0 Å². The van der Waals surface area contributed by atoms with E-state index in [1.54, 1.807) is 50.8 Å². The number of nitrogens with zero attached hydrogens (tertiary/aromatic N) is 4. The molecule has 0 aliphatic rings. The standard InChI is InChI=1S/C26H33ClFN7O4/c1-14(2)35-13-18(19-8-9-29-23(32-19)30-12-15(3)31-24(36)38-7)22(34-35)17-10-16(27)11-20(21(17)28)33-25(37)39-26(4,5)6/h8-11,13-15H,12H2,1-7H3,(H,31,36)(H,33,37)(H,29,30,32). The molecule has 0 saturated heterocycles. The molecule has 0 radical (unpaired) electrons. The van der Waals surface area contributed by atoms with Crippen LogP contribution in [-0.4, -0.2) is 57.2 Å². The van der Waals surface area contributed by atoms with E-state index in [1.807, 2.05) is 13.8 Å². The predicted molar refractivity (Wildman–Crippen MR) is 147 cm³/mol. The highest BCUT2D eigenvalue weighted by Gasteiger charge is 2.24. The van der Waals surface area contributed by atoms with Gasteiger partial charge in [-0.3, -0.25) is 10.00 Å². The number of amides is 2. The largest absolute Gasteiger partial charge is 0.453 e. The number of halogens is 2. The van der Waals surface area contributed by atoms with Gasteiger partial charge in [0.05, 0.1) is 18.5 Å². The lowest BCUT2D eigenvalue weighted by molar-refractivity contribution is 0.0635. The monoisotopic (exact) mass is 561 g/mol. The van der Waals surface area contributed by atoms with Crippen LogP contribution >= 0.6 is 11.6 Å². The molecule has 0 spiro atoms. The number of alkyl carbamates (subject to hydrolysis) is 1. The summed E-state index contributed by atoms with van der Waals surface area (Å²) in [5, 5.41) is 13.0. The fourth-order valence-electron chi connectivity index (χ4n) is 3.46. The summed E-state index contributed by atoms with van der Waals surface area (Å²) in [6, 6.07) is 4.12. The molecule has 39 heavy (non-hydrogen) atoms. The van der Waals surface area contributed by atoms with Gasteiger partial charge in [0, 0.05) is 47.2 Å². The van der Waals surface area contributed by atoms with Crippen molar-refractivity contribution in [3.63, 3.8) is 0 Å². The number of carbonyl (C=O) groups excluding carboxylic acids is 2. The van der Waals surface area contributed by atoms with Crippen molar-refractivity contribution in [1.82, 2.24) is 25.1 Å². The molecule has 13 heteroatoms. The lowest BCUT2D eigenvalue weighted by Crippen LogP contribution is -2.37. The molecule has 2 aromatic heterocycles. The molecule has 0 aliphatic carbocycles. The average Bonchev–Trinajstić information content (AvgIpc) is 3.29. The minimum absolute atomic E-state index is 0.0382. The average molecular weight is 562 g/mol. The molecule has 2 amide bonds. The van der Waals surface area contributed by atoms with E-state index in [1.165, 1.54) is 19.2 Å². The van der Waals surface area contributed by atoms with Crippen LogP contribution in [0.1, 0.15) is 47.6 Å². The SMILES string of the molecule is COC(=O)NC(C)CNc1nccc(-c2cn(C(C)C)nc2-c2cc(Cl)cc(NC(=O)OC(C)(C)C)c2F)n1.